The lowest BCUT2D eigenvalue weighted by Crippen LogP contribution is -2.29. The molecular weight excluding hydrogens is 204 g/mol. The SMILES string of the molecule is CC(C)(C)[C@H]1CCc2[nH]nc(C(=O)[O-])c2C1. The van der Waals surface area contributed by atoms with E-state index in [1.54, 1.807) is 0 Å². The maximum Gasteiger partial charge on any atom is 0.111 e. The van der Waals surface area contributed by atoms with Crippen LogP contribution >= 0.6 is 0 Å². The van der Waals surface area contributed by atoms with Gasteiger partial charge in [0.05, 0.1) is 5.97 Å². The van der Waals surface area contributed by atoms with Crippen LogP contribution in [0.1, 0.15) is 48.9 Å². The normalized spacial score (nSPS) is 20.6. The van der Waals surface area contributed by atoms with Crippen molar-refractivity contribution in [3.05, 3.63) is 17.0 Å². The molecule has 0 aliphatic heterocycles. The number of aromatic amines is 1. The van der Waals surface area contributed by atoms with E-state index >= 15 is 0 Å². The van der Waals surface area contributed by atoms with Crippen LogP contribution < -0.4 is 5.11 Å². The van der Waals surface area contributed by atoms with Gasteiger partial charge in [-0.25, -0.2) is 0 Å². The van der Waals surface area contributed by atoms with Gasteiger partial charge in [0.25, 0.3) is 0 Å². The van der Waals surface area contributed by atoms with Gasteiger partial charge in [-0.1, -0.05) is 20.8 Å². The van der Waals surface area contributed by atoms with E-state index in [-0.39, 0.29) is 11.1 Å². The van der Waals surface area contributed by atoms with Crippen molar-refractivity contribution in [2.45, 2.75) is 40.0 Å². The molecule has 0 saturated heterocycles. The van der Waals surface area contributed by atoms with Gasteiger partial charge in [0, 0.05) is 11.3 Å². The molecule has 2 rings (SSSR count). The van der Waals surface area contributed by atoms with E-state index in [2.05, 4.69) is 31.0 Å². The van der Waals surface area contributed by atoms with Crippen LogP contribution in [0.3, 0.4) is 0 Å². The number of aryl methyl sites for hydroxylation is 1. The smallest absolute Gasteiger partial charge is 0.111 e. The van der Waals surface area contributed by atoms with Gasteiger partial charge in [0.1, 0.15) is 5.69 Å². The van der Waals surface area contributed by atoms with E-state index in [0.29, 0.717) is 5.92 Å². The Morgan fingerprint density at radius 2 is 2.19 bits per heavy atom. The topological polar surface area (TPSA) is 68.8 Å². The number of H-pyrrole nitrogens is 1. The maximum atomic E-state index is 10.9. The summed E-state index contributed by atoms with van der Waals surface area (Å²) < 4.78 is 0. The molecule has 1 aliphatic rings. The molecule has 1 aliphatic carbocycles. The molecule has 1 aromatic rings. The minimum Gasteiger partial charge on any atom is -0.543 e. The van der Waals surface area contributed by atoms with E-state index in [1.807, 2.05) is 0 Å². The predicted octanol–water partition coefficient (Wildman–Crippen LogP) is 0.924. The largest absolute Gasteiger partial charge is 0.543 e. The molecule has 16 heavy (non-hydrogen) atoms. The van der Waals surface area contributed by atoms with Crippen molar-refractivity contribution in [2.24, 2.45) is 11.3 Å². The van der Waals surface area contributed by atoms with E-state index in [9.17, 15) is 9.90 Å². The summed E-state index contributed by atoms with van der Waals surface area (Å²) >= 11 is 0. The average Bonchev–Trinajstić information content (AvgIpc) is 2.58. The van der Waals surface area contributed by atoms with Gasteiger partial charge in [-0.3, -0.25) is 5.10 Å². The molecule has 0 aromatic carbocycles. The summed E-state index contributed by atoms with van der Waals surface area (Å²) in [7, 11) is 0. The zero-order chi connectivity index (χ0) is 11.9. The average molecular weight is 221 g/mol. The van der Waals surface area contributed by atoms with Crippen LogP contribution in [0.15, 0.2) is 0 Å². The zero-order valence-corrected chi connectivity index (χ0v) is 9.96. The van der Waals surface area contributed by atoms with Crippen molar-refractivity contribution in [3.8, 4) is 0 Å². The number of aromatic nitrogens is 2. The fourth-order valence-electron chi connectivity index (χ4n) is 2.40. The molecule has 1 atom stereocenters. The first kappa shape index (κ1) is 11.2. The van der Waals surface area contributed by atoms with Gasteiger partial charge in [-0.15, -0.1) is 0 Å². The number of hydrogen-bond acceptors (Lipinski definition) is 3. The number of rotatable bonds is 1. The number of carboxylic acids is 1. The summed E-state index contributed by atoms with van der Waals surface area (Å²) in [5.41, 5.74) is 2.13. The lowest BCUT2D eigenvalue weighted by molar-refractivity contribution is -0.255. The number of nitrogens with zero attached hydrogens (tertiary/aromatic N) is 1. The molecule has 0 saturated carbocycles. The van der Waals surface area contributed by atoms with Gasteiger partial charge in [0.2, 0.25) is 0 Å². The first-order valence-electron chi connectivity index (χ1n) is 5.67. The number of nitrogens with one attached hydrogen (secondary N) is 1. The third kappa shape index (κ3) is 1.84. The highest BCUT2D eigenvalue weighted by Gasteiger charge is 2.31. The minimum absolute atomic E-state index is 0.101. The first-order valence-corrected chi connectivity index (χ1v) is 5.67. The Bertz CT molecular complexity index is 415. The second-order valence-electron chi connectivity index (χ2n) is 5.62. The highest BCUT2D eigenvalue weighted by atomic mass is 16.4. The molecule has 0 spiro atoms. The van der Waals surface area contributed by atoms with Crippen molar-refractivity contribution in [1.82, 2.24) is 10.2 Å². The lowest BCUT2D eigenvalue weighted by Gasteiger charge is -2.33. The van der Waals surface area contributed by atoms with Crippen LogP contribution in [-0.4, -0.2) is 16.2 Å². The van der Waals surface area contributed by atoms with Crippen LogP contribution in [0.25, 0.3) is 0 Å². The third-order valence-corrected chi connectivity index (χ3v) is 3.56. The summed E-state index contributed by atoms with van der Waals surface area (Å²) in [6.07, 6.45) is 2.77. The Labute approximate surface area is 95.1 Å². The zero-order valence-electron chi connectivity index (χ0n) is 9.96. The van der Waals surface area contributed by atoms with Gasteiger partial charge in [0.15, 0.2) is 0 Å². The van der Waals surface area contributed by atoms with Gasteiger partial charge in [-0.05, 0) is 30.6 Å². The van der Waals surface area contributed by atoms with Crippen LogP contribution in [0.2, 0.25) is 0 Å². The second kappa shape index (κ2) is 3.61. The minimum atomic E-state index is -1.17. The number of carbonyl (C=O) groups excluding carboxylic acids is 1. The molecule has 88 valence electrons. The van der Waals surface area contributed by atoms with Gasteiger partial charge >= 0.3 is 0 Å². The molecule has 0 bridgehead atoms. The predicted molar refractivity (Wildman–Crippen MR) is 57.9 cm³/mol. The monoisotopic (exact) mass is 221 g/mol. The number of carboxylic acid groups (broad SMARTS) is 1. The van der Waals surface area contributed by atoms with Crippen LogP contribution in [-0.2, 0) is 12.8 Å². The Morgan fingerprint density at radius 1 is 1.50 bits per heavy atom. The summed E-state index contributed by atoms with van der Waals surface area (Å²) in [5, 5.41) is 17.5. The van der Waals surface area contributed by atoms with Crippen LogP contribution in [0, 0.1) is 11.3 Å². The molecular formula is C12H17N2O2-. The van der Waals surface area contributed by atoms with Crippen molar-refractivity contribution in [2.75, 3.05) is 0 Å². The summed E-state index contributed by atoms with van der Waals surface area (Å²) in [6, 6.07) is 0. The van der Waals surface area contributed by atoms with Crippen LogP contribution in [0.4, 0.5) is 0 Å². The molecule has 1 heterocycles. The number of aromatic carboxylic acids is 1. The molecule has 4 heteroatoms. The summed E-state index contributed by atoms with van der Waals surface area (Å²) in [4.78, 5) is 10.9. The molecule has 0 unspecified atom stereocenters. The maximum absolute atomic E-state index is 10.9. The van der Waals surface area contributed by atoms with Gasteiger partial charge in [-0.2, -0.15) is 5.10 Å². The van der Waals surface area contributed by atoms with E-state index in [0.717, 1.165) is 30.5 Å². The number of carbonyl (C=O) groups is 1. The van der Waals surface area contributed by atoms with Crippen molar-refractivity contribution in [3.63, 3.8) is 0 Å². The summed E-state index contributed by atoms with van der Waals surface area (Å²) in [5.74, 6) is -0.664. The molecule has 1 aromatic heterocycles. The lowest BCUT2D eigenvalue weighted by atomic mass is 9.71. The first-order chi connectivity index (χ1) is 7.39. The van der Waals surface area contributed by atoms with Crippen molar-refractivity contribution >= 4 is 5.97 Å². The molecule has 4 nitrogen and oxygen atoms in total. The van der Waals surface area contributed by atoms with E-state index in [1.165, 1.54) is 0 Å². The van der Waals surface area contributed by atoms with E-state index in [4.69, 9.17) is 0 Å². The van der Waals surface area contributed by atoms with Crippen molar-refractivity contribution in [1.29, 1.82) is 0 Å². The molecule has 0 radical (unpaired) electrons. The number of hydrogen-bond donors (Lipinski definition) is 1. The van der Waals surface area contributed by atoms with Gasteiger partial charge < -0.3 is 9.90 Å². The van der Waals surface area contributed by atoms with Crippen LogP contribution in [0.5, 0.6) is 0 Å². The fraction of sp³-hybridized carbons (Fsp3) is 0.667. The Balaban J connectivity index is 2.31. The summed E-state index contributed by atoms with van der Waals surface area (Å²) in [6.45, 7) is 6.59. The second-order valence-corrected chi connectivity index (χ2v) is 5.62. The molecule has 0 fully saturated rings. The Morgan fingerprint density at radius 3 is 2.75 bits per heavy atom. The number of fused-ring (bicyclic) bond motifs is 1. The molecule has 1 N–H and O–H groups in total. The standard InChI is InChI=1S/C12H18N2O2/c1-12(2,3)7-4-5-9-8(6-7)10(11(15)16)14-13-9/h7H,4-6H2,1-3H3,(H,13,14)(H,15,16)/p-1/t7-/m0/s1. The highest BCUT2D eigenvalue weighted by molar-refractivity contribution is 5.85. The third-order valence-electron chi connectivity index (χ3n) is 3.56. The molecule has 0 amide bonds. The highest BCUT2D eigenvalue weighted by Crippen LogP contribution is 2.37. The fourth-order valence-corrected chi connectivity index (χ4v) is 2.40. The van der Waals surface area contributed by atoms with Crippen molar-refractivity contribution < 1.29 is 9.90 Å². The Hall–Kier alpha value is -1.32. The van der Waals surface area contributed by atoms with E-state index < -0.39 is 5.97 Å². The quantitative estimate of drug-likeness (QED) is 0.766. The Kier molecular flexibility index (Phi) is 2.52.